The molecule has 96 valence electrons. The summed E-state index contributed by atoms with van der Waals surface area (Å²) in [6, 6.07) is 1.94. The standard InChI is InChI=1S/C11H18N2O3S/c1-4-8(7-17-3)13(2)6-9-5-10(11(14)15)12-16-9/h5,8H,4,6-7H2,1-3H3,(H,14,15). The van der Waals surface area contributed by atoms with Gasteiger partial charge in [-0.15, -0.1) is 0 Å². The Kier molecular flexibility index (Phi) is 5.50. The van der Waals surface area contributed by atoms with Gasteiger partial charge in [-0.2, -0.15) is 11.8 Å². The first-order valence-corrected chi connectivity index (χ1v) is 6.85. The van der Waals surface area contributed by atoms with Gasteiger partial charge in [0.2, 0.25) is 0 Å². The zero-order valence-electron chi connectivity index (χ0n) is 10.3. The summed E-state index contributed by atoms with van der Waals surface area (Å²) in [5.74, 6) is 0.579. The molecule has 1 atom stereocenters. The Balaban J connectivity index is 2.59. The molecule has 1 heterocycles. The van der Waals surface area contributed by atoms with Crippen molar-refractivity contribution in [1.29, 1.82) is 0 Å². The number of carbonyl (C=O) groups is 1. The first-order valence-electron chi connectivity index (χ1n) is 5.46. The number of carboxylic acid groups (broad SMARTS) is 1. The zero-order valence-corrected chi connectivity index (χ0v) is 11.2. The van der Waals surface area contributed by atoms with Crippen LogP contribution in [0.5, 0.6) is 0 Å². The monoisotopic (exact) mass is 258 g/mol. The highest BCUT2D eigenvalue weighted by Gasteiger charge is 2.16. The van der Waals surface area contributed by atoms with Crippen molar-refractivity contribution < 1.29 is 14.4 Å². The molecule has 1 unspecified atom stereocenters. The Morgan fingerprint density at radius 3 is 2.88 bits per heavy atom. The Hall–Kier alpha value is -1.01. The van der Waals surface area contributed by atoms with Crippen molar-refractivity contribution in [2.45, 2.75) is 25.9 Å². The lowest BCUT2D eigenvalue weighted by Crippen LogP contribution is -2.32. The minimum absolute atomic E-state index is 0.0358. The SMILES string of the molecule is CCC(CSC)N(C)Cc1cc(C(=O)O)no1. The van der Waals surface area contributed by atoms with Crippen LogP contribution in [-0.2, 0) is 6.54 Å². The van der Waals surface area contributed by atoms with Crippen LogP contribution in [0.15, 0.2) is 10.6 Å². The summed E-state index contributed by atoms with van der Waals surface area (Å²) in [5, 5.41) is 12.2. The van der Waals surface area contributed by atoms with E-state index in [0.29, 0.717) is 18.3 Å². The van der Waals surface area contributed by atoms with E-state index < -0.39 is 5.97 Å². The lowest BCUT2D eigenvalue weighted by molar-refractivity contribution is 0.0685. The number of aromatic carboxylic acids is 1. The summed E-state index contributed by atoms with van der Waals surface area (Å²) in [6.07, 6.45) is 3.13. The number of nitrogens with zero attached hydrogens (tertiary/aromatic N) is 2. The fraction of sp³-hybridized carbons (Fsp3) is 0.636. The van der Waals surface area contributed by atoms with E-state index in [1.54, 1.807) is 11.8 Å². The Labute approximate surface area is 105 Å². The van der Waals surface area contributed by atoms with Crippen LogP contribution >= 0.6 is 11.8 Å². The molecular formula is C11H18N2O3S. The fourth-order valence-electron chi connectivity index (χ4n) is 1.61. The van der Waals surface area contributed by atoms with E-state index in [1.807, 2.05) is 7.05 Å². The molecule has 0 radical (unpaired) electrons. The number of thioether (sulfide) groups is 1. The van der Waals surface area contributed by atoms with E-state index in [1.165, 1.54) is 6.07 Å². The van der Waals surface area contributed by atoms with Crippen LogP contribution in [0.2, 0.25) is 0 Å². The summed E-state index contributed by atoms with van der Waals surface area (Å²) < 4.78 is 4.99. The minimum atomic E-state index is -1.06. The second-order valence-electron chi connectivity index (χ2n) is 3.92. The summed E-state index contributed by atoms with van der Waals surface area (Å²) in [7, 11) is 2.01. The number of aromatic nitrogens is 1. The van der Waals surface area contributed by atoms with Gasteiger partial charge < -0.3 is 9.63 Å². The maximum Gasteiger partial charge on any atom is 0.358 e. The lowest BCUT2D eigenvalue weighted by atomic mass is 10.2. The maximum atomic E-state index is 10.7. The molecule has 1 aromatic heterocycles. The predicted molar refractivity (Wildman–Crippen MR) is 67.4 cm³/mol. The van der Waals surface area contributed by atoms with Crippen molar-refractivity contribution in [3.8, 4) is 0 Å². The second kappa shape index (κ2) is 6.66. The van der Waals surface area contributed by atoms with Crippen molar-refractivity contribution in [3.05, 3.63) is 17.5 Å². The predicted octanol–water partition coefficient (Wildman–Crippen LogP) is 1.95. The molecule has 17 heavy (non-hydrogen) atoms. The molecule has 0 aliphatic heterocycles. The van der Waals surface area contributed by atoms with E-state index in [4.69, 9.17) is 9.63 Å². The quantitative estimate of drug-likeness (QED) is 0.806. The highest BCUT2D eigenvalue weighted by Crippen LogP contribution is 2.13. The highest BCUT2D eigenvalue weighted by molar-refractivity contribution is 7.98. The fourth-order valence-corrected chi connectivity index (χ4v) is 2.49. The molecule has 0 amide bonds. The number of rotatable bonds is 7. The summed E-state index contributed by atoms with van der Waals surface area (Å²) in [6.45, 7) is 2.72. The van der Waals surface area contributed by atoms with Gasteiger partial charge in [0.15, 0.2) is 11.5 Å². The molecule has 0 fully saturated rings. The van der Waals surface area contributed by atoms with Crippen LogP contribution in [0, 0.1) is 0 Å². The Bertz CT molecular complexity index is 367. The minimum Gasteiger partial charge on any atom is -0.476 e. The largest absolute Gasteiger partial charge is 0.476 e. The molecular weight excluding hydrogens is 240 g/mol. The van der Waals surface area contributed by atoms with Gasteiger partial charge in [-0.3, -0.25) is 4.90 Å². The van der Waals surface area contributed by atoms with Crippen LogP contribution < -0.4 is 0 Å². The first-order chi connectivity index (χ1) is 8.08. The van der Waals surface area contributed by atoms with Crippen LogP contribution in [0.1, 0.15) is 29.6 Å². The first kappa shape index (κ1) is 14.1. The molecule has 1 rings (SSSR count). The van der Waals surface area contributed by atoms with Gasteiger partial charge >= 0.3 is 5.97 Å². The highest BCUT2D eigenvalue weighted by atomic mass is 32.2. The Morgan fingerprint density at radius 2 is 2.41 bits per heavy atom. The molecule has 1 aromatic rings. The van der Waals surface area contributed by atoms with Crippen molar-refractivity contribution in [1.82, 2.24) is 10.1 Å². The van der Waals surface area contributed by atoms with Crippen LogP contribution in [0.25, 0.3) is 0 Å². The summed E-state index contributed by atoms with van der Waals surface area (Å²) >= 11 is 1.80. The Morgan fingerprint density at radius 1 is 1.71 bits per heavy atom. The summed E-state index contributed by atoms with van der Waals surface area (Å²) in [4.78, 5) is 12.8. The molecule has 0 bridgehead atoms. The van der Waals surface area contributed by atoms with Crippen LogP contribution in [0.4, 0.5) is 0 Å². The van der Waals surface area contributed by atoms with Crippen molar-refractivity contribution in [2.75, 3.05) is 19.1 Å². The van der Waals surface area contributed by atoms with Gasteiger partial charge in [0.05, 0.1) is 6.54 Å². The molecule has 0 aliphatic rings. The van der Waals surface area contributed by atoms with E-state index >= 15 is 0 Å². The smallest absolute Gasteiger partial charge is 0.358 e. The molecule has 0 spiro atoms. The lowest BCUT2D eigenvalue weighted by Gasteiger charge is -2.25. The third-order valence-corrected chi connectivity index (χ3v) is 3.36. The van der Waals surface area contributed by atoms with E-state index in [0.717, 1.165) is 12.2 Å². The molecule has 1 N–H and O–H groups in total. The van der Waals surface area contributed by atoms with Gasteiger partial charge in [-0.05, 0) is 19.7 Å². The van der Waals surface area contributed by atoms with E-state index in [2.05, 4.69) is 23.2 Å². The van der Waals surface area contributed by atoms with Crippen molar-refractivity contribution >= 4 is 17.7 Å². The number of hydrogen-bond donors (Lipinski definition) is 1. The molecule has 6 heteroatoms. The van der Waals surface area contributed by atoms with E-state index in [-0.39, 0.29) is 5.69 Å². The van der Waals surface area contributed by atoms with Crippen molar-refractivity contribution in [2.24, 2.45) is 0 Å². The zero-order chi connectivity index (χ0) is 12.8. The van der Waals surface area contributed by atoms with Crippen LogP contribution in [-0.4, -0.2) is 46.2 Å². The van der Waals surface area contributed by atoms with Gasteiger partial charge in [0.25, 0.3) is 0 Å². The average Bonchev–Trinajstić information content (AvgIpc) is 2.74. The third-order valence-electron chi connectivity index (χ3n) is 2.64. The molecule has 0 saturated heterocycles. The topological polar surface area (TPSA) is 66.6 Å². The molecule has 0 aliphatic carbocycles. The maximum absolute atomic E-state index is 10.7. The number of hydrogen-bond acceptors (Lipinski definition) is 5. The average molecular weight is 258 g/mol. The van der Waals surface area contributed by atoms with Crippen LogP contribution in [0.3, 0.4) is 0 Å². The van der Waals surface area contributed by atoms with Gasteiger partial charge in [0, 0.05) is 17.9 Å². The normalized spacial score (nSPS) is 12.9. The van der Waals surface area contributed by atoms with E-state index in [9.17, 15) is 4.79 Å². The van der Waals surface area contributed by atoms with Gasteiger partial charge in [0.1, 0.15) is 0 Å². The number of carboxylic acids is 1. The second-order valence-corrected chi connectivity index (χ2v) is 4.83. The third kappa shape index (κ3) is 4.05. The van der Waals surface area contributed by atoms with Gasteiger partial charge in [-0.1, -0.05) is 12.1 Å². The van der Waals surface area contributed by atoms with Gasteiger partial charge in [-0.25, -0.2) is 4.79 Å². The molecule has 0 saturated carbocycles. The molecule has 0 aromatic carbocycles. The molecule has 5 nitrogen and oxygen atoms in total. The summed E-state index contributed by atoms with van der Waals surface area (Å²) in [5.41, 5.74) is -0.0358. The van der Waals surface area contributed by atoms with Crippen molar-refractivity contribution in [3.63, 3.8) is 0 Å².